The molecule has 3 aromatic rings. The first kappa shape index (κ1) is 21.5. The minimum atomic E-state index is -0.221. The van der Waals surface area contributed by atoms with Gasteiger partial charge in [0.15, 0.2) is 0 Å². The smallest absolute Gasteiger partial charge is 0.226 e. The summed E-state index contributed by atoms with van der Waals surface area (Å²) in [4.78, 5) is 15.9. The number of hydrogen-bond acceptors (Lipinski definition) is 4. The molecule has 1 aliphatic carbocycles. The van der Waals surface area contributed by atoms with Crippen LogP contribution < -0.4 is 0 Å². The molecule has 32 heavy (non-hydrogen) atoms. The molecule has 2 heterocycles. The van der Waals surface area contributed by atoms with Crippen LogP contribution >= 0.6 is 23.2 Å². The van der Waals surface area contributed by atoms with Gasteiger partial charge >= 0.3 is 0 Å². The second-order valence-electron chi connectivity index (χ2n) is 8.94. The highest BCUT2D eigenvalue weighted by molar-refractivity contribution is 6.30. The van der Waals surface area contributed by atoms with Gasteiger partial charge in [0.05, 0.1) is 6.04 Å². The first-order chi connectivity index (χ1) is 15.5. The van der Waals surface area contributed by atoms with Crippen molar-refractivity contribution in [2.24, 2.45) is 11.8 Å². The van der Waals surface area contributed by atoms with Crippen LogP contribution in [0.2, 0.25) is 10.0 Å². The van der Waals surface area contributed by atoms with Crippen LogP contribution in [-0.4, -0.2) is 27.5 Å². The first-order valence-electron chi connectivity index (χ1n) is 11.1. The minimum Gasteiger partial charge on any atom is -0.426 e. The summed E-state index contributed by atoms with van der Waals surface area (Å²) >= 11 is 12.6. The SMILES string of the molecule is Cc1nnc(CC2CC(c3cccc(Cl)c3)C(c3ccc(Cl)cc3)N(CC3CC3)C2=O)o1. The molecule has 2 aromatic carbocycles. The Balaban J connectivity index is 1.56. The van der Waals surface area contributed by atoms with E-state index in [9.17, 15) is 4.79 Å². The van der Waals surface area contributed by atoms with Crippen molar-refractivity contribution in [2.75, 3.05) is 6.54 Å². The molecule has 0 bridgehead atoms. The molecule has 2 aliphatic rings. The molecule has 1 aliphatic heterocycles. The van der Waals surface area contributed by atoms with Crippen molar-refractivity contribution in [3.8, 4) is 0 Å². The van der Waals surface area contributed by atoms with Crippen LogP contribution in [0, 0.1) is 18.8 Å². The normalized spacial score (nSPS) is 23.5. The highest BCUT2D eigenvalue weighted by Crippen LogP contribution is 2.47. The Morgan fingerprint density at radius 1 is 1.03 bits per heavy atom. The Morgan fingerprint density at radius 2 is 1.81 bits per heavy atom. The van der Waals surface area contributed by atoms with Crippen LogP contribution in [0.1, 0.15) is 54.1 Å². The quantitative estimate of drug-likeness (QED) is 0.443. The molecule has 7 heteroatoms. The van der Waals surface area contributed by atoms with E-state index in [4.69, 9.17) is 27.6 Å². The van der Waals surface area contributed by atoms with E-state index in [2.05, 4.69) is 21.2 Å². The molecule has 166 valence electrons. The predicted octanol–water partition coefficient (Wildman–Crippen LogP) is 6.01. The zero-order valence-electron chi connectivity index (χ0n) is 17.9. The number of aryl methyl sites for hydroxylation is 1. The van der Waals surface area contributed by atoms with E-state index in [1.807, 2.05) is 42.5 Å². The van der Waals surface area contributed by atoms with Gasteiger partial charge in [0.2, 0.25) is 17.7 Å². The van der Waals surface area contributed by atoms with Crippen molar-refractivity contribution in [1.29, 1.82) is 0 Å². The maximum Gasteiger partial charge on any atom is 0.226 e. The number of carbonyl (C=O) groups excluding carboxylic acids is 1. The van der Waals surface area contributed by atoms with Gasteiger partial charge in [-0.25, -0.2) is 0 Å². The molecule has 1 saturated heterocycles. The third-order valence-corrected chi connectivity index (χ3v) is 7.00. The zero-order valence-corrected chi connectivity index (χ0v) is 19.4. The number of aromatic nitrogens is 2. The molecule has 5 rings (SSSR count). The van der Waals surface area contributed by atoms with Gasteiger partial charge in [0.25, 0.3) is 0 Å². The van der Waals surface area contributed by atoms with Gasteiger partial charge < -0.3 is 9.32 Å². The maximum absolute atomic E-state index is 13.8. The lowest BCUT2D eigenvalue weighted by atomic mass is 9.75. The molecule has 3 unspecified atom stereocenters. The zero-order chi connectivity index (χ0) is 22.2. The molecule has 3 atom stereocenters. The lowest BCUT2D eigenvalue weighted by Gasteiger charge is -2.45. The van der Waals surface area contributed by atoms with Crippen LogP contribution in [0.3, 0.4) is 0 Å². The average molecular weight is 470 g/mol. The number of likely N-dealkylation sites (tertiary alicyclic amines) is 1. The molecular formula is C25H25Cl2N3O2. The highest BCUT2D eigenvalue weighted by atomic mass is 35.5. The van der Waals surface area contributed by atoms with Crippen LogP contribution in [0.4, 0.5) is 0 Å². The van der Waals surface area contributed by atoms with Crippen molar-refractivity contribution in [2.45, 2.75) is 44.6 Å². The van der Waals surface area contributed by atoms with E-state index >= 15 is 0 Å². The Morgan fingerprint density at radius 3 is 2.47 bits per heavy atom. The number of nitrogens with zero attached hydrogens (tertiary/aromatic N) is 3. The molecule has 0 spiro atoms. The molecule has 1 saturated carbocycles. The monoisotopic (exact) mass is 469 g/mol. The van der Waals surface area contributed by atoms with E-state index in [1.165, 1.54) is 12.8 Å². The lowest BCUT2D eigenvalue weighted by Crippen LogP contribution is -2.48. The van der Waals surface area contributed by atoms with Gasteiger partial charge in [0.1, 0.15) is 0 Å². The number of halogens is 2. The van der Waals surface area contributed by atoms with Gasteiger partial charge in [0, 0.05) is 41.8 Å². The number of rotatable bonds is 6. The number of carbonyl (C=O) groups is 1. The summed E-state index contributed by atoms with van der Waals surface area (Å²) in [7, 11) is 0. The third kappa shape index (κ3) is 4.55. The number of hydrogen-bond donors (Lipinski definition) is 0. The van der Waals surface area contributed by atoms with Crippen LogP contribution in [0.25, 0.3) is 0 Å². The third-order valence-electron chi connectivity index (χ3n) is 6.52. The number of benzene rings is 2. The summed E-state index contributed by atoms with van der Waals surface area (Å²) in [6, 6.07) is 15.8. The Bertz CT molecular complexity index is 1110. The summed E-state index contributed by atoms with van der Waals surface area (Å²) < 4.78 is 5.62. The van der Waals surface area contributed by atoms with Crippen molar-refractivity contribution in [3.63, 3.8) is 0 Å². The maximum atomic E-state index is 13.8. The first-order valence-corrected chi connectivity index (χ1v) is 11.8. The second kappa shape index (κ2) is 8.87. The fourth-order valence-electron chi connectivity index (χ4n) is 4.84. The fraction of sp³-hybridized carbons (Fsp3) is 0.400. The largest absolute Gasteiger partial charge is 0.426 e. The van der Waals surface area contributed by atoms with Crippen molar-refractivity contribution < 1.29 is 9.21 Å². The summed E-state index contributed by atoms with van der Waals surface area (Å²) in [5.41, 5.74) is 2.23. The summed E-state index contributed by atoms with van der Waals surface area (Å²) in [6.07, 6.45) is 3.49. The number of amides is 1. The van der Waals surface area contributed by atoms with Crippen LogP contribution in [0.15, 0.2) is 52.9 Å². The van der Waals surface area contributed by atoms with E-state index in [-0.39, 0.29) is 23.8 Å². The van der Waals surface area contributed by atoms with E-state index in [0.29, 0.717) is 40.6 Å². The molecule has 2 fully saturated rings. The molecule has 1 aromatic heterocycles. The molecule has 0 radical (unpaired) electrons. The highest BCUT2D eigenvalue weighted by Gasteiger charge is 2.45. The molecule has 1 amide bonds. The van der Waals surface area contributed by atoms with E-state index in [0.717, 1.165) is 17.7 Å². The van der Waals surface area contributed by atoms with Gasteiger partial charge in [-0.05, 0) is 60.6 Å². The van der Waals surface area contributed by atoms with Gasteiger partial charge in [-0.1, -0.05) is 47.5 Å². The summed E-state index contributed by atoms with van der Waals surface area (Å²) in [6.45, 7) is 2.53. The van der Waals surface area contributed by atoms with Crippen LogP contribution in [-0.2, 0) is 11.2 Å². The molecule has 0 N–H and O–H groups in total. The Kier molecular flexibility index (Phi) is 5.95. The van der Waals surface area contributed by atoms with Crippen molar-refractivity contribution in [1.82, 2.24) is 15.1 Å². The molecule has 5 nitrogen and oxygen atoms in total. The Hall–Kier alpha value is -2.37. The van der Waals surface area contributed by atoms with Crippen molar-refractivity contribution in [3.05, 3.63) is 81.5 Å². The number of piperidine rings is 1. The Labute approximate surface area is 197 Å². The second-order valence-corrected chi connectivity index (χ2v) is 9.82. The summed E-state index contributed by atoms with van der Waals surface area (Å²) in [5, 5.41) is 9.48. The topological polar surface area (TPSA) is 59.2 Å². The van der Waals surface area contributed by atoms with Crippen molar-refractivity contribution >= 4 is 29.1 Å². The summed E-state index contributed by atoms with van der Waals surface area (Å²) in [5.74, 6) is 1.64. The van der Waals surface area contributed by atoms with E-state index < -0.39 is 0 Å². The fourth-order valence-corrected chi connectivity index (χ4v) is 5.16. The minimum absolute atomic E-state index is 0.0699. The van der Waals surface area contributed by atoms with Gasteiger partial charge in [-0.3, -0.25) is 4.79 Å². The van der Waals surface area contributed by atoms with Gasteiger partial charge in [-0.2, -0.15) is 0 Å². The predicted molar refractivity (Wildman–Crippen MR) is 124 cm³/mol. The van der Waals surface area contributed by atoms with Crippen LogP contribution in [0.5, 0.6) is 0 Å². The van der Waals surface area contributed by atoms with E-state index in [1.54, 1.807) is 6.92 Å². The lowest BCUT2D eigenvalue weighted by molar-refractivity contribution is -0.143. The standard InChI is InChI=1S/C25H25Cl2N3O2/c1-15-28-29-23(32-15)13-19-12-22(18-3-2-4-21(27)11-18)24(17-7-9-20(26)10-8-17)30(25(19)31)14-16-5-6-16/h2-4,7-11,16,19,22,24H,5-6,12-14H2,1H3. The average Bonchev–Trinajstić information content (AvgIpc) is 3.50. The molecular weight excluding hydrogens is 445 g/mol. The van der Waals surface area contributed by atoms with Gasteiger partial charge in [-0.15, -0.1) is 10.2 Å².